The number of amides is 2. The molecule has 6 nitrogen and oxygen atoms in total. The molecule has 1 aliphatic heterocycles. The quantitative estimate of drug-likeness (QED) is 0.785. The number of esters is 1. The first-order valence-electron chi connectivity index (χ1n) is 7.85. The van der Waals surface area contributed by atoms with Gasteiger partial charge in [0.05, 0.1) is 0 Å². The molecule has 0 aliphatic carbocycles. The Balaban J connectivity index is 1.78. The highest BCUT2D eigenvalue weighted by molar-refractivity contribution is 5.94. The smallest absolute Gasteiger partial charge is 0.329 e. The van der Waals surface area contributed by atoms with E-state index in [1.165, 1.54) is 5.56 Å². The van der Waals surface area contributed by atoms with Crippen molar-refractivity contribution < 1.29 is 19.1 Å². The molecule has 0 unspecified atom stereocenters. The van der Waals surface area contributed by atoms with Crippen molar-refractivity contribution in [2.45, 2.75) is 45.1 Å². The summed E-state index contributed by atoms with van der Waals surface area (Å²) in [5.74, 6) is -0.669. The van der Waals surface area contributed by atoms with Crippen molar-refractivity contribution in [3.8, 4) is 0 Å². The van der Waals surface area contributed by atoms with E-state index in [1.54, 1.807) is 0 Å². The first-order chi connectivity index (χ1) is 11.0. The maximum Gasteiger partial charge on any atom is 0.329 e. The number of benzene rings is 1. The molecular weight excluding hydrogens is 296 g/mol. The van der Waals surface area contributed by atoms with E-state index >= 15 is 0 Å². The van der Waals surface area contributed by atoms with Crippen LogP contribution in [0.4, 0.5) is 5.69 Å². The van der Waals surface area contributed by atoms with E-state index in [-0.39, 0.29) is 12.5 Å². The van der Waals surface area contributed by atoms with Crippen LogP contribution in [0.1, 0.15) is 44.6 Å². The summed E-state index contributed by atoms with van der Waals surface area (Å²) in [6.45, 7) is 3.91. The Morgan fingerprint density at radius 3 is 2.61 bits per heavy atom. The predicted molar refractivity (Wildman–Crippen MR) is 85.9 cm³/mol. The lowest BCUT2D eigenvalue weighted by molar-refractivity contribution is -0.149. The number of rotatable bonds is 6. The Morgan fingerprint density at radius 2 is 2.04 bits per heavy atom. The average Bonchev–Trinajstić information content (AvgIpc) is 2.99. The molecule has 1 aromatic rings. The van der Waals surface area contributed by atoms with Gasteiger partial charge in [-0.1, -0.05) is 26.0 Å². The van der Waals surface area contributed by atoms with E-state index < -0.39 is 17.9 Å². The highest BCUT2D eigenvalue weighted by Crippen LogP contribution is 2.20. The van der Waals surface area contributed by atoms with Gasteiger partial charge in [-0.15, -0.1) is 0 Å². The van der Waals surface area contributed by atoms with E-state index in [0.29, 0.717) is 24.4 Å². The fourth-order valence-corrected chi connectivity index (χ4v) is 2.36. The molecule has 1 heterocycles. The van der Waals surface area contributed by atoms with Crippen molar-refractivity contribution >= 4 is 23.5 Å². The maximum absolute atomic E-state index is 11.8. The SMILES string of the molecule is CC[C@H](C)c1ccc(NC(=O)COC(=O)[C@@H]2CCC(=O)N2)cc1. The molecule has 0 radical (unpaired) electrons. The van der Waals surface area contributed by atoms with Gasteiger partial charge in [-0.3, -0.25) is 9.59 Å². The van der Waals surface area contributed by atoms with Crippen LogP contribution in [0.5, 0.6) is 0 Å². The van der Waals surface area contributed by atoms with Crippen LogP contribution in [-0.2, 0) is 19.1 Å². The fourth-order valence-electron chi connectivity index (χ4n) is 2.36. The molecular formula is C17H22N2O4. The third kappa shape index (κ3) is 4.81. The Hall–Kier alpha value is -2.37. The van der Waals surface area contributed by atoms with Crippen molar-refractivity contribution in [2.24, 2.45) is 0 Å². The third-order valence-electron chi connectivity index (χ3n) is 4.00. The van der Waals surface area contributed by atoms with Crippen molar-refractivity contribution in [3.63, 3.8) is 0 Å². The minimum absolute atomic E-state index is 0.169. The van der Waals surface area contributed by atoms with Gasteiger partial charge in [0.15, 0.2) is 6.61 Å². The van der Waals surface area contributed by atoms with Crippen LogP contribution in [0.3, 0.4) is 0 Å². The van der Waals surface area contributed by atoms with Gasteiger partial charge in [0, 0.05) is 12.1 Å². The van der Waals surface area contributed by atoms with Crippen molar-refractivity contribution in [1.82, 2.24) is 5.32 Å². The van der Waals surface area contributed by atoms with Gasteiger partial charge >= 0.3 is 5.97 Å². The van der Waals surface area contributed by atoms with Gasteiger partial charge in [0.2, 0.25) is 5.91 Å². The summed E-state index contributed by atoms with van der Waals surface area (Å²) in [5.41, 5.74) is 1.88. The Labute approximate surface area is 135 Å². The summed E-state index contributed by atoms with van der Waals surface area (Å²) < 4.78 is 4.92. The summed E-state index contributed by atoms with van der Waals surface area (Å²) in [5, 5.41) is 5.18. The highest BCUT2D eigenvalue weighted by atomic mass is 16.5. The number of hydrogen-bond acceptors (Lipinski definition) is 4. The van der Waals surface area contributed by atoms with Crippen LogP contribution in [0.25, 0.3) is 0 Å². The molecule has 23 heavy (non-hydrogen) atoms. The van der Waals surface area contributed by atoms with Crippen molar-refractivity contribution in [1.29, 1.82) is 0 Å². The Kier molecular flexibility index (Phi) is 5.73. The topological polar surface area (TPSA) is 84.5 Å². The van der Waals surface area contributed by atoms with E-state index in [4.69, 9.17) is 4.74 Å². The standard InChI is InChI=1S/C17H22N2O4/c1-3-11(2)12-4-6-13(7-5-12)18-16(21)10-23-17(22)14-8-9-15(20)19-14/h4-7,11,14H,3,8-10H2,1-2H3,(H,18,21)(H,19,20)/t11-,14-/m0/s1. The number of ether oxygens (including phenoxy) is 1. The molecule has 1 fully saturated rings. The van der Waals surface area contributed by atoms with E-state index in [9.17, 15) is 14.4 Å². The second kappa shape index (κ2) is 7.76. The summed E-state index contributed by atoms with van der Waals surface area (Å²) >= 11 is 0. The van der Waals surface area contributed by atoms with Gasteiger partial charge < -0.3 is 15.4 Å². The van der Waals surface area contributed by atoms with E-state index in [1.807, 2.05) is 24.3 Å². The number of anilines is 1. The largest absolute Gasteiger partial charge is 0.454 e. The van der Waals surface area contributed by atoms with Crippen LogP contribution in [0.15, 0.2) is 24.3 Å². The molecule has 6 heteroatoms. The zero-order valence-electron chi connectivity index (χ0n) is 13.4. The van der Waals surface area contributed by atoms with Gasteiger partial charge in [0.25, 0.3) is 5.91 Å². The van der Waals surface area contributed by atoms with E-state index in [2.05, 4.69) is 24.5 Å². The van der Waals surface area contributed by atoms with Gasteiger partial charge in [0.1, 0.15) is 6.04 Å². The Bertz CT molecular complexity index is 583. The first kappa shape index (κ1) is 17.0. The van der Waals surface area contributed by atoms with Crippen LogP contribution in [0.2, 0.25) is 0 Å². The summed E-state index contributed by atoms with van der Waals surface area (Å²) in [6, 6.07) is 6.98. The van der Waals surface area contributed by atoms with Gasteiger partial charge in [-0.2, -0.15) is 0 Å². The molecule has 1 aromatic carbocycles. The zero-order chi connectivity index (χ0) is 16.8. The van der Waals surface area contributed by atoms with Gasteiger partial charge in [-0.05, 0) is 36.5 Å². The van der Waals surface area contributed by atoms with Crippen molar-refractivity contribution in [3.05, 3.63) is 29.8 Å². The minimum atomic E-state index is -0.634. The Morgan fingerprint density at radius 1 is 1.35 bits per heavy atom. The summed E-state index contributed by atoms with van der Waals surface area (Å²) in [7, 11) is 0. The third-order valence-corrected chi connectivity index (χ3v) is 4.00. The fraction of sp³-hybridized carbons (Fsp3) is 0.471. The first-order valence-corrected chi connectivity index (χ1v) is 7.85. The lowest BCUT2D eigenvalue weighted by Gasteiger charge is -2.12. The van der Waals surface area contributed by atoms with Crippen molar-refractivity contribution in [2.75, 3.05) is 11.9 Å². The normalized spacial score (nSPS) is 18.2. The minimum Gasteiger partial charge on any atom is -0.454 e. The summed E-state index contributed by atoms with van der Waals surface area (Å²) in [4.78, 5) is 34.5. The number of nitrogens with one attached hydrogen (secondary N) is 2. The summed E-state index contributed by atoms with van der Waals surface area (Å²) in [6.07, 6.45) is 1.78. The number of carbonyl (C=O) groups excluding carboxylic acids is 3. The average molecular weight is 318 g/mol. The van der Waals surface area contributed by atoms with Crippen LogP contribution in [0, 0.1) is 0 Å². The maximum atomic E-state index is 11.8. The molecule has 2 N–H and O–H groups in total. The lowest BCUT2D eigenvalue weighted by atomic mass is 9.99. The van der Waals surface area contributed by atoms with Crippen LogP contribution >= 0.6 is 0 Å². The molecule has 124 valence electrons. The second-order valence-electron chi connectivity index (χ2n) is 5.75. The second-order valence-corrected chi connectivity index (χ2v) is 5.75. The number of hydrogen-bond donors (Lipinski definition) is 2. The monoisotopic (exact) mass is 318 g/mol. The molecule has 0 spiro atoms. The predicted octanol–water partition coefficient (Wildman–Crippen LogP) is 1.96. The molecule has 0 saturated carbocycles. The van der Waals surface area contributed by atoms with Crippen LogP contribution in [-0.4, -0.2) is 30.4 Å². The molecule has 0 aromatic heterocycles. The van der Waals surface area contributed by atoms with Gasteiger partial charge in [-0.25, -0.2) is 4.79 Å². The lowest BCUT2D eigenvalue weighted by Crippen LogP contribution is -2.36. The molecule has 2 atom stereocenters. The van der Waals surface area contributed by atoms with E-state index in [0.717, 1.165) is 6.42 Å². The zero-order valence-corrected chi connectivity index (χ0v) is 13.4. The molecule has 2 rings (SSSR count). The highest BCUT2D eigenvalue weighted by Gasteiger charge is 2.28. The molecule has 1 aliphatic rings. The molecule has 0 bridgehead atoms. The molecule has 2 amide bonds. The van der Waals surface area contributed by atoms with Crippen LogP contribution < -0.4 is 10.6 Å². The number of carbonyl (C=O) groups is 3. The molecule has 1 saturated heterocycles.